The molecule has 274 valence electrons. The Balaban J connectivity index is 1.25. The Kier molecular flexibility index (Phi) is 9.52. The summed E-state index contributed by atoms with van der Waals surface area (Å²) in [5, 5.41) is 0. The molecule has 9 heteroatoms. The van der Waals surface area contributed by atoms with E-state index in [0.29, 0.717) is 40.8 Å². The standard InChI is InChI=1S/C47H41N9/c1-46(2,3)44-54-43(55-45(56-44)47(4,5)6)36-27-17-26-35(29-36)42-52-39(32-22-14-9-15-23-32)51-41(53-42)34-25-16-24-33(28-34)40-49-37(30-18-10-7-11-19-30)48-38(50-40)31-20-12-8-13-21-31/h7-29H,1-6H3. The average Bonchev–Trinajstić information content (AvgIpc) is 3.23. The van der Waals surface area contributed by atoms with Gasteiger partial charge in [0.25, 0.3) is 0 Å². The number of benzene rings is 5. The first kappa shape index (κ1) is 36.1. The first-order valence-corrected chi connectivity index (χ1v) is 18.6. The van der Waals surface area contributed by atoms with Gasteiger partial charge in [-0.15, -0.1) is 0 Å². The van der Waals surface area contributed by atoms with Crippen molar-refractivity contribution in [1.29, 1.82) is 0 Å². The quantitative estimate of drug-likeness (QED) is 0.158. The molecule has 0 unspecified atom stereocenters. The van der Waals surface area contributed by atoms with Gasteiger partial charge >= 0.3 is 0 Å². The Morgan fingerprint density at radius 2 is 0.482 bits per heavy atom. The van der Waals surface area contributed by atoms with Crippen molar-refractivity contribution in [2.45, 2.75) is 52.4 Å². The highest BCUT2D eigenvalue weighted by atomic mass is 15.1. The van der Waals surface area contributed by atoms with Crippen molar-refractivity contribution in [3.63, 3.8) is 0 Å². The van der Waals surface area contributed by atoms with Gasteiger partial charge < -0.3 is 0 Å². The van der Waals surface area contributed by atoms with Crippen molar-refractivity contribution in [2.24, 2.45) is 0 Å². The van der Waals surface area contributed by atoms with E-state index in [-0.39, 0.29) is 10.8 Å². The van der Waals surface area contributed by atoms with Crippen molar-refractivity contribution in [1.82, 2.24) is 44.9 Å². The van der Waals surface area contributed by atoms with E-state index in [1.54, 1.807) is 0 Å². The number of aromatic nitrogens is 9. The van der Waals surface area contributed by atoms with Crippen molar-refractivity contribution >= 4 is 0 Å². The molecular weight excluding hydrogens is 691 g/mol. The smallest absolute Gasteiger partial charge is 0.164 e. The van der Waals surface area contributed by atoms with Crippen LogP contribution in [0.25, 0.3) is 79.7 Å². The van der Waals surface area contributed by atoms with Crippen molar-refractivity contribution in [3.05, 3.63) is 151 Å². The van der Waals surface area contributed by atoms with Gasteiger partial charge in [-0.3, -0.25) is 0 Å². The molecule has 5 aromatic carbocycles. The van der Waals surface area contributed by atoms with Crippen molar-refractivity contribution < 1.29 is 0 Å². The number of rotatable bonds is 7. The van der Waals surface area contributed by atoms with E-state index in [9.17, 15) is 0 Å². The molecule has 0 aliphatic carbocycles. The molecule has 0 saturated heterocycles. The first-order chi connectivity index (χ1) is 27.0. The molecule has 56 heavy (non-hydrogen) atoms. The van der Waals surface area contributed by atoms with Crippen LogP contribution in [0.3, 0.4) is 0 Å². The molecule has 0 radical (unpaired) electrons. The number of hydrogen-bond acceptors (Lipinski definition) is 9. The lowest BCUT2D eigenvalue weighted by atomic mass is 9.93. The Labute approximate surface area is 327 Å². The fourth-order valence-electron chi connectivity index (χ4n) is 6.06. The summed E-state index contributed by atoms with van der Waals surface area (Å²) < 4.78 is 0. The van der Waals surface area contributed by atoms with Gasteiger partial charge in [-0.25, -0.2) is 44.9 Å². The minimum Gasteiger partial charge on any atom is -0.217 e. The summed E-state index contributed by atoms with van der Waals surface area (Å²) in [6.45, 7) is 12.7. The Morgan fingerprint density at radius 1 is 0.250 bits per heavy atom. The zero-order chi connectivity index (χ0) is 38.9. The van der Waals surface area contributed by atoms with Crippen LogP contribution in [-0.2, 0) is 10.8 Å². The molecule has 8 aromatic rings. The lowest BCUT2D eigenvalue weighted by Crippen LogP contribution is -2.24. The van der Waals surface area contributed by atoms with E-state index in [0.717, 1.165) is 50.6 Å². The maximum Gasteiger partial charge on any atom is 0.164 e. The topological polar surface area (TPSA) is 116 Å². The van der Waals surface area contributed by atoms with Crippen LogP contribution in [0.5, 0.6) is 0 Å². The lowest BCUT2D eigenvalue weighted by molar-refractivity contribution is 0.497. The van der Waals surface area contributed by atoms with Gasteiger partial charge in [0, 0.05) is 49.8 Å². The molecule has 0 bridgehead atoms. The van der Waals surface area contributed by atoms with Gasteiger partial charge in [-0.2, -0.15) is 0 Å². The van der Waals surface area contributed by atoms with Crippen LogP contribution in [0, 0.1) is 0 Å². The summed E-state index contributed by atoms with van der Waals surface area (Å²) in [6.07, 6.45) is 0. The molecule has 0 aliphatic rings. The maximum atomic E-state index is 5.08. The van der Waals surface area contributed by atoms with Gasteiger partial charge in [0.1, 0.15) is 11.6 Å². The van der Waals surface area contributed by atoms with Gasteiger partial charge in [-0.05, 0) is 12.1 Å². The fraction of sp³-hybridized carbons (Fsp3) is 0.170. The van der Waals surface area contributed by atoms with Crippen LogP contribution in [0.4, 0.5) is 0 Å². The summed E-state index contributed by atoms with van der Waals surface area (Å²) in [6, 6.07) is 45.9. The van der Waals surface area contributed by atoms with E-state index in [1.807, 2.05) is 140 Å². The second kappa shape index (κ2) is 14.8. The highest BCUT2D eigenvalue weighted by Gasteiger charge is 2.26. The highest BCUT2D eigenvalue weighted by Crippen LogP contribution is 2.32. The molecule has 3 heterocycles. The molecule has 3 aromatic heterocycles. The normalized spacial score (nSPS) is 11.8. The highest BCUT2D eigenvalue weighted by molar-refractivity contribution is 5.73. The fourth-order valence-corrected chi connectivity index (χ4v) is 6.06. The molecule has 0 fully saturated rings. The SMILES string of the molecule is CC(C)(C)c1nc(-c2cccc(-c3nc(-c4ccccc4)nc(-c4cccc(-c5nc(-c6ccccc6)nc(-c6ccccc6)n5)c4)n3)c2)nc(C(C)(C)C)n1. The third-order valence-corrected chi connectivity index (χ3v) is 9.10. The van der Waals surface area contributed by atoms with Gasteiger partial charge in [-0.1, -0.05) is 169 Å². The van der Waals surface area contributed by atoms with E-state index in [4.69, 9.17) is 44.9 Å². The predicted octanol–water partition coefficient (Wildman–Crippen LogP) is 10.5. The summed E-state index contributed by atoms with van der Waals surface area (Å²) >= 11 is 0. The molecule has 0 spiro atoms. The number of nitrogens with zero attached hydrogens (tertiary/aromatic N) is 9. The van der Waals surface area contributed by atoms with E-state index in [1.165, 1.54) is 0 Å². The third kappa shape index (κ3) is 7.84. The summed E-state index contributed by atoms with van der Waals surface area (Å²) in [4.78, 5) is 44.7. The van der Waals surface area contributed by atoms with Crippen LogP contribution in [0.15, 0.2) is 140 Å². The Bertz CT molecular complexity index is 2560. The monoisotopic (exact) mass is 731 g/mol. The van der Waals surface area contributed by atoms with E-state index in [2.05, 4.69) is 41.5 Å². The minimum atomic E-state index is -0.259. The maximum absolute atomic E-state index is 5.08. The van der Waals surface area contributed by atoms with Gasteiger partial charge in [0.05, 0.1) is 0 Å². The largest absolute Gasteiger partial charge is 0.217 e. The van der Waals surface area contributed by atoms with Crippen LogP contribution >= 0.6 is 0 Å². The Morgan fingerprint density at radius 3 is 0.750 bits per heavy atom. The summed E-state index contributed by atoms with van der Waals surface area (Å²) in [5.74, 6) is 5.45. The lowest BCUT2D eigenvalue weighted by Gasteiger charge is -2.22. The second-order valence-electron chi connectivity index (χ2n) is 15.7. The number of hydrogen-bond donors (Lipinski definition) is 0. The zero-order valence-corrected chi connectivity index (χ0v) is 32.3. The van der Waals surface area contributed by atoms with Gasteiger partial charge in [0.2, 0.25) is 0 Å². The zero-order valence-electron chi connectivity index (χ0n) is 32.3. The summed E-state index contributed by atoms with van der Waals surface area (Å²) in [7, 11) is 0. The molecule has 0 amide bonds. The molecule has 0 N–H and O–H groups in total. The third-order valence-electron chi connectivity index (χ3n) is 9.10. The molecule has 0 atom stereocenters. The summed E-state index contributed by atoms with van der Waals surface area (Å²) in [5.41, 5.74) is 5.44. The van der Waals surface area contributed by atoms with Crippen LogP contribution < -0.4 is 0 Å². The predicted molar refractivity (Wildman–Crippen MR) is 222 cm³/mol. The molecule has 0 aliphatic heterocycles. The van der Waals surface area contributed by atoms with E-state index >= 15 is 0 Å². The second-order valence-corrected chi connectivity index (χ2v) is 15.7. The Hall–Kier alpha value is -6.87. The van der Waals surface area contributed by atoms with E-state index < -0.39 is 0 Å². The average molecular weight is 732 g/mol. The van der Waals surface area contributed by atoms with Crippen molar-refractivity contribution in [2.75, 3.05) is 0 Å². The van der Waals surface area contributed by atoms with Crippen LogP contribution in [0.2, 0.25) is 0 Å². The van der Waals surface area contributed by atoms with Crippen LogP contribution in [-0.4, -0.2) is 44.9 Å². The molecule has 9 nitrogen and oxygen atoms in total. The molecular formula is C47H41N9. The first-order valence-electron chi connectivity index (χ1n) is 18.6. The molecule has 0 saturated carbocycles. The minimum absolute atomic E-state index is 0.259. The molecule has 8 rings (SSSR count). The van der Waals surface area contributed by atoms with Crippen molar-refractivity contribution in [3.8, 4) is 79.7 Å². The van der Waals surface area contributed by atoms with Gasteiger partial charge in [0.15, 0.2) is 40.8 Å². The van der Waals surface area contributed by atoms with Crippen LogP contribution in [0.1, 0.15) is 53.2 Å².